The van der Waals surface area contributed by atoms with Gasteiger partial charge in [0.25, 0.3) is 5.91 Å². The number of hydrogen-bond donors (Lipinski definition) is 1. The van der Waals surface area contributed by atoms with E-state index >= 15 is 0 Å². The van der Waals surface area contributed by atoms with Crippen molar-refractivity contribution in [1.29, 1.82) is 0 Å². The van der Waals surface area contributed by atoms with E-state index in [1.807, 2.05) is 43.3 Å². The Morgan fingerprint density at radius 3 is 1.91 bits per heavy atom. The van der Waals surface area contributed by atoms with E-state index < -0.39 is 5.97 Å². The third-order valence-electron chi connectivity index (χ3n) is 3.44. The Balaban J connectivity index is 2.42. The first-order valence-corrected chi connectivity index (χ1v) is 7.40. The number of carbonyl (C=O) groups excluding carboxylic acids is 2. The summed E-state index contributed by atoms with van der Waals surface area (Å²) >= 11 is 0. The molecule has 0 aliphatic carbocycles. The zero-order chi connectivity index (χ0) is 16.7. The summed E-state index contributed by atoms with van der Waals surface area (Å²) in [4.78, 5) is 24.5. The van der Waals surface area contributed by atoms with Crippen molar-refractivity contribution in [2.75, 3.05) is 7.11 Å². The van der Waals surface area contributed by atoms with E-state index in [2.05, 4.69) is 5.32 Å². The van der Waals surface area contributed by atoms with Crippen LogP contribution in [0.1, 0.15) is 29.3 Å². The average Bonchev–Trinajstić information content (AvgIpc) is 2.62. The Bertz CT molecular complexity index is 706. The van der Waals surface area contributed by atoms with Crippen LogP contribution in [0.5, 0.6) is 0 Å². The molecule has 0 bridgehead atoms. The number of rotatable bonds is 5. The first-order chi connectivity index (χ1) is 11.2. The van der Waals surface area contributed by atoms with Crippen molar-refractivity contribution in [2.45, 2.75) is 13.3 Å². The maximum Gasteiger partial charge on any atom is 0.354 e. The largest absolute Gasteiger partial charge is 0.464 e. The summed E-state index contributed by atoms with van der Waals surface area (Å²) in [5.41, 5.74) is 2.28. The maximum absolute atomic E-state index is 12.4. The minimum absolute atomic E-state index is 0.176. The molecule has 0 heterocycles. The zero-order valence-corrected chi connectivity index (χ0v) is 13.2. The third kappa shape index (κ3) is 4.07. The number of carbonyl (C=O) groups is 2. The summed E-state index contributed by atoms with van der Waals surface area (Å²) in [6.07, 6.45) is 0.587. The van der Waals surface area contributed by atoms with Crippen LogP contribution < -0.4 is 5.32 Å². The lowest BCUT2D eigenvalue weighted by Gasteiger charge is -2.14. The monoisotopic (exact) mass is 309 g/mol. The van der Waals surface area contributed by atoms with Gasteiger partial charge in [0.2, 0.25) is 0 Å². The van der Waals surface area contributed by atoms with E-state index in [0.717, 1.165) is 11.1 Å². The van der Waals surface area contributed by atoms with Crippen LogP contribution in [0, 0.1) is 0 Å². The van der Waals surface area contributed by atoms with Crippen LogP contribution >= 0.6 is 0 Å². The molecule has 4 nitrogen and oxygen atoms in total. The van der Waals surface area contributed by atoms with Gasteiger partial charge in [-0.15, -0.1) is 0 Å². The Labute approximate surface area is 135 Å². The zero-order valence-electron chi connectivity index (χ0n) is 13.2. The molecule has 23 heavy (non-hydrogen) atoms. The Kier molecular flexibility index (Phi) is 5.69. The van der Waals surface area contributed by atoms with Crippen molar-refractivity contribution in [1.82, 2.24) is 5.32 Å². The molecule has 2 aromatic carbocycles. The van der Waals surface area contributed by atoms with E-state index in [9.17, 15) is 9.59 Å². The van der Waals surface area contributed by atoms with Crippen LogP contribution in [-0.4, -0.2) is 19.0 Å². The number of hydrogen-bond acceptors (Lipinski definition) is 3. The quantitative estimate of drug-likeness (QED) is 0.680. The fourth-order valence-corrected chi connectivity index (χ4v) is 2.29. The predicted octanol–water partition coefficient (Wildman–Crippen LogP) is 3.41. The lowest BCUT2D eigenvalue weighted by molar-refractivity contribution is -0.136. The summed E-state index contributed by atoms with van der Waals surface area (Å²) in [6.45, 7) is 1.93. The second-order valence-electron chi connectivity index (χ2n) is 4.88. The van der Waals surface area contributed by atoms with Gasteiger partial charge in [-0.2, -0.15) is 0 Å². The number of esters is 1. The van der Waals surface area contributed by atoms with Gasteiger partial charge in [0.05, 0.1) is 7.11 Å². The topological polar surface area (TPSA) is 55.4 Å². The van der Waals surface area contributed by atoms with E-state index in [1.54, 1.807) is 24.3 Å². The minimum Gasteiger partial charge on any atom is -0.464 e. The highest BCUT2D eigenvalue weighted by Crippen LogP contribution is 2.22. The Morgan fingerprint density at radius 1 is 0.913 bits per heavy atom. The highest BCUT2D eigenvalue weighted by Gasteiger charge is 2.19. The van der Waals surface area contributed by atoms with Crippen molar-refractivity contribution in [3.05, 3.63) is 77.5 Å². The number of allylic oxidation sites excluding steroid dienone is 1. The fraction of sp³-hybridized carbons (Fsp3) is 0.158. The summed E-state index contributed by atoms with van der Waals surface area (Å²) in [5, 5.41) is 2.70. The molecule has 0 fully saturated rings. The van der Waals surface area contributed by atoms with Crippen LogP contribution in [0.25, 0.3) is 5.57 Å². The van der Waals surface area contributed by atoms with Crippen molar-refractivity contribution < 1.29 is 14.3 Å². The molecule has 1 N–H and O–H groups in total. The molecule has 2 aromatic rings. The molecule has 118 valence electrons. The Morgan fingerprint density at radius 2 is 1.43 bits per heavy atom. The van der Waals surface area contributed by atoms with Gasteiger partial charge in [-0.3, -0.25) is 4.79 Å². The van der Waals surface area contributed by atoms with Crippen LogP contribution in [-0.2, 0) is 9.53 Å². The van der Waals surface area contributed by atoms with Gasteiger partial charge in [-0.05, 0) is 29.7 Å². The van der Waals surface area contributed by atoms with Gasteiger partial charge in [0.1, 0.15) is 5.70 Å². The Hall–Kier alpha value is -2.88. The number of amides is 1. The van der Waals surface area contributed by atoms with E-state index in [4.69, 9.17) is 4.74 Å². The molecule has 0 spiro atoms. The summed E-state index contributed by atoms with van der Waals surface area (Å²) in [5.74, 6) is -0.900. The SMILES string of the molecule is CC/C(=C(/NC(=O)c1ccccc1)C(=O)OC)c1ccccc1. The number of methoxy groups -OCH3 is 1. The van der Waals surface area contributed by atoms with E-state index in [0.29, 0.717) is 12.0 Å². The van der Waals surface area contributed by atoms with Crippen molar-refractivity contribution in [2.24, 2.45) is 0 Å². The van der Waals surface area contributed by atoms with Crippen LogP contribution in [0.4, 0.5) is 0 Å². The highest BCUT2D eigenvalue weighted by atomic mass is 16.5. The van der Waals surface area contributed by atoms with Crippen LogP contribution in [0.15, 0.2) is 66.4 Å². The van der Waals surface area contributed by atoms with Gasteiger partial charge >= 0.3 is 5.97 Å². The molecule has 0 saturated carbocycles. The van der Waals surface area contributed by atoms with Gasteiger partial charge in [0.15, 0.2) is 0 Å². The normalized spacial score (nSPS) is 11.4. The fourth-order valence-electron chi connectivity index (χ4n) is 2.29. The molecule has 1 amide bonds. The lowest BCUT2D eigenvalue weighted by atomic mass is 10.0. The molecule has 0 atom stereocenters. The molecular weight excluding hydrogens is 290 g/mol. The average molecular weight is 309 g/mol. The molecule has 2 rings (SSSR count). The second kappa shape index (κ2) is 7.94. The molecule has 0 unspecified atom stereocenters. The number of ether oxygens (including phenoxy) is 1. The molecule has 0 aliphatic heterocycles. The number of nitrogens with one attached hydrogen (secondary N) is 1. The standard InChI is InChI=1S/C19H19NO3/c1-3-16(14-10-6-4-7-11-14)17(19(22)23-2)20-18(21)15-12-8-5-9-13-15/h4-13H,3H2,1-2H3,(H,20,21)/b17-16-. The summed E-state index contributed by atoms with van der Waals surface area (Å²) in [6, 6.07) is 18.2. The lowest BCUT2D eigenvalue weighted by Crippen LogP contribution is -2.29. The van der Waals surface area contributed by atoms with Gasteiger partial charge < -0.3 is 10.1 Å². The van der Waals surface area contributed by atoms with Crippen LogP contribution in [0.3, 0.4) is 0 Å². The smallest absolute Gasteiger partial charge is 0.354 e. The van der Waals surface area contributed by atoms with Crippen LogP contribution in [0.2, 0.25) is 0 Å². The highest BCUT2D eigenvalue weighted by molar-refractivity contribution is 6.05. The molecule has 0 saturated heterocycles. The maximum atomic E-state index is 12.4. The van der Waals surface area contributed by atoms with Gasteiger partial charge in [0, 0.05) is 5.56 Å². The molecular formula is C19H19NO3. The number of benzene rings is 2. The second-order valence-corrected chi connectivity index (χ2v) is 4.88. The predicted molar refractivity (Wildman–Crippen MR) is 89.6 cm³/mol. The summed E-state index contributed by atoms with van der Waals surface area (Å²) in [7, 11) is 1.30. The molecule has 4 heteroatoms. The molecule has 0 radical (unpaired) electrons. The van der Waals surface area contributed by atoms with Crippen molar-refractivity contribution in [3.63, 3.8) is 0 Å². The first-order valence-electron chi connectivity index (χ1n) is 7.40. The molecule has 0 aliphatic rings. The molecule has 0 aromatic heterocycles. The van der Waals surface area contributed by atoms with E-state index in [-0.39, 0.29) is 11.6 Å². The van der Waals surface area contributed by atoms with Gasteiger partial charge in [-0.25, -0.2) is 4.79 Å². The first kappa shape index (κ1) is 16.5. The third-order valence-corrected chi connectivity index (χ3v) is 3.44. The van der Waals surface area contributed by atoms with Crippen molar-refractivity contribution >= 4 is 17.4 Å². The summed E-state index contributed by atoms with van der Waals surface area (Å²) < 4.78 is 4.84. The van der Waals surface area contributed by atoms with Crippen molar-refractivity contribution in [3.8, 4) is 0 Å². The van der Waals surface area contributed by atoms with Gasteiger partial charge in [-0.1, -0.05) is 55.5 Å². The van der Waals surface area contributed by atoms with E-state index in [1.165, 1.54) is 7.11 Å². The minimum atomic E-state index is -0.560.